The van der Waals surface area contributed by atoms with E-state index in [1.807, 2.05) is 6.07 Å². The molecule has 11 heteroatoms. The first-order valence-corrected chi connectivity index (χ1v) is 11.8. The third-order valence-corrected chi connectivity index (χ3v) is 8.19. The molecule has 1 aliphatic heterocycles. The van der Waals surface area contributed by atoms with E-state index in [-0.39, 0.29) is 23.2 Å². The van der Waals surface area contributed by atoms with E-state index in [4.69, 9.17) is 4.42 Å². The van der Waals surface area contributed by atoms with Gasteiger partial charge in [-0.3, -0.25) is 0 Å². The van der Waals surface area contributed by atoms with Gasteiger partial charge < -0.3 is 9.84 Å². The van der Waals surface area contributed by atoms with Crippen LogP contribution in [0.5, 0.6) is 0 Å². The molecule has 2 aromatic carbocycles. The fourth-order valence-electron chi connectivity index (χ4n) is 2.88. The van der Waals surface area contributed by atoms with Crippen LogP contribution in [0.1, 0.15) is 5.89 Å². The summed E-state index contributed by atoms with van der Waals surface area (Å²) in [5, 5.41) is 9.63. The van der Waals surface area contributed by atoms with E-state index in [9.17, 15) is 16.8 Å². The Bertz CT molecular complexity index is 1250. The summed E-state index contributed by atoms with van der Waals surface area (Å²) in [5.41, 5.74) is 3.14. The minimum atomic E-state index is -4.06. The monoisotopic (exact) mass is 432 g/mol. The van der Waals surface area contributed by atoms with Gasteiger partial charge in [-0.2, -0.15) is 5.10 Å². The molecule has 1 atom stereocenters. The van der Waals surface area contributed by atoms with E-state index >= 15 is 0 Å². The average Bonchev–Trinajstić information content (AvgIpc) is 3.39. The Balaban J connectivity index is 1.59. The summed E-state index contributed by atoms with van der Waals surface area (Å²) in [6.07, 6.45) is 0. The summed E-state index contributed by atoms with van der Waals surface area (Å²) < 4.78 is 57.0. The van der Waals surface area contributed by atoms with Crippen LogP contribution in [-0.4, -0.2) is 43.9 Å². The van der Waals surface area contributed by atoms with Gasteiger partial charge in [0.15, 0.2) is 14.9 Å². The maximum Gasteiger partial charge on any atom is 0.247 e. The Morgan fingerprint density at radius 2 is 1.59 bits per heavy atom. The normalized spacial score (nSPS) is 17.0. The number of nitrogens with one attached hydrogen (secondary N) is 1. The molecular formula is C18H16N4O5S2. The highest BCUT2D eigenvalue weighted by Gasteiger charge is 2.42. The van der Waals surface area contributed by atoms with E-state index < -0.39 is 35.7 Å². The van der Waals surface area contributed by atoms with Crippen molar-refractivity contribution in [2.45, 2.75) is 15.9 Å². The molecule has 0 saturated heterocycles. The second-order valence-corrected chi connectivity index (χ2v) is 10.4. The van der Waals surface area contributed by atoms with Crippen LogP contribution in [0.4, 0.5) is 0 Å². The Hall–Kier alpha value is -3.05. The van der Waals surface area contributed by atoms with Gasteiger partial charge in [-0.25, -0.2) is 16.8 Å². The molecule has 150 valence electrons. The van der Waals surface area contributed by atoms with Gasteiger partial charge in [-0.1, -0.05) is 36.4 Å². The molecule has 9 nitrogen and oxygen atoms in total. The average molecular weight is 432 g/mol. The fourth-order valence-corrected chi connectivity index (χ4v) is 6.42. The fraction of sp³-hybridized carbons (Fsp3) is 0.167. The first-order valence-electron chi connectivity index (χ1n) is 8.58. The molecule has 2 heterocycles. The van der Waals surface area contributed by atoms with E-state index in [1.54, 1.807) is 42.5 Å². The zero-order valence-corrected chi connectivity index (χ0v) is 16.6. The van der Waals surface area contributed by atoms with E-state index in [1.165, 1.54) is 12.1 Å². The molecule has 1 aliphatic rings. The zero-order chi connectivity index (χ0) is 20.5. The van der Waals surface area contributed by atoms with Crippen LogP contribution >= 0.6 is 0 Å². The van der Waals surface area contributed by atoms with Gasteiger partial charge in [0.05, 0.1) is 11.4 Å². The number of benzene rings is 2. The Morgan fingerprint density at radius 3 is 2.28 bits per heavy atom. The lowest BCUT2D eigenvalue weighted by Gasteiger charge is -2.12. The minimum Gasteiger partial charge on any atom is -0.420 e. The minimum absolute atomic E-state index is 0.0215. The van der Waals surface area contributed by atoms with Crippen LogP contribution in [0.3, 0.4) is 0 Å². The lowest BCUT2D eigenvalue weighted by atomic mass is 10.2. The quantitative estimate of drug-likeness (QED) is 0.640. The van der Waals surface area contributed by atoms with Crippen LogP contribution in [-0.2, 0) is 25.4 Å². The highest BCUT2D eigenvalue weighted by atomic mass is 32.2. The molecule has 0 amide bonds. The Morgan fingerprint density at radius 1 is 0.931 bits per heavy atom. The predicted octanol–water partition coefficient (Wildman–Crippen LogP) is 1.41. The number of hydrogen-bond donors (Lipinski definition) is 1. The highest BCUT2D eigenvalue weighted by Crippen LogP contribution is 2.23. The summed E-state index contributed by atoms with van der Waals surface area (Å²) in [6, 6.07) is 16.5. The lowest BCUT2D eigenvalue weighted by molar-refractivity contribution is 0.517. The van der Waals surface area contributed by atoms with Crippen LogP contribution in [0.2, 0.25) is 0 Å². The maximum absolute atomic E-state index is 12.9. The van der Waals surface area contributed by atoms with Crippen molar-refractivity contribution < 1.29 is 21.3 Å². The zero-order valence-electron chi connectivity index (χ0n) is 15.0. The third-order valence-electron chi connectivity index (χ3n) is 4.32. The topological polar surface area (TPSA) is 132 Å². The Labute approximate surface area is 167 Å². The number of aromatic nitrogens is 2. The van der Waals surface area contributed by atoms with Crippen LogP contribution < -0.4 is 5.43 Å². The van der Waals surface area contributed by atoms with Crippen LogP contribution in [0.25, 0.3) is 11.5 Å². The third kappa shape index (κ3) is 3.78. The predicted molar refractivity (Wildman–Crippen MR) is 105 cm³/mol. The number of rotatable bonds is 5. The molecule has 0 aliphatic carbocycles. The van der Waals surface area contributed by atoms with Gasteiger partial charge in [0.2, 0.25) is 21.6 Å². The first-order chi connectivity index (χ1) is 13.9. The number of nitrogens with zero attached hydrogens (tertiary/aromatic N) is 3. The maximum atomic E-state index is 12.9. The van der Waals surface area contributed by atoms with E-state index in [0.29, 0.717) is 5.56 Å². The SMILES string of the molecule is O=S(=O)(C1=NNCC1S(=O)(=O)Cc1nnc(-c2ccccc2)o1)c1ccccc1. The van der Waals surface area contributed by atoms with Crippen LogP contribution in [0, 0.1) is 0 Å². The molecule has 4 rings (SSSR count). The van der Waals surface area contributed by atoms with Crippen molar-refractivity contribution >= 4 is 24.7 Å². The van der Waals surface area contributed by atoms with Gasteiger partial charge >= 0.3 is 0 Å². The van der Waals surface area contributed by atoms with Gasteiger partial charge in [-0.05, 0) is 24.3 Å². The highest BCUT2D eigenvalue weighted by molar-refractivity contribution is 8.08. The van der Waals surface area contributed by atoms with Crippen LogP contribution in [0.15, 0.2) is 75.1 Å². The summed E-state index contributed by atoms with van der Waals surface area (Å²) in [7, 11) is -8.05. The lowest BCUT2D eigenvalue weighted by Crippen LogP contribution is -2.36. The molecule has 0 spiro atoms. The summed E-state index contributed by atoms with van der Waals surface area (Å²) in [4.78, 5) is -0.0215. The number of hydrogen-bond acceptors (Lipinski definition) is 9. The second-order valence-electron chi connectivity index (χ2n) is 6.29. The van der Waals surface area contributed by atoms with Gasteiger partial charge in [0.1, 0.15) is 11.0 Å². The first kappa shape index (κ1) is 19.3. The summed E-state index contributed by atoms with van der Waals surface area (Å²) in [6.45, 7) is -0.149. The van der Waals surface area contributed by atoms with Crippen molar-refractivity contribution in [3.8, 4) is 11.5 Å². The Kier molecular flexibility index (Phi) is 4.92. The summed E-state index contributed by atoms with van der Waals surface area (Å²) >= 11 is 0. The molecule has 3 aromatic rings. The van der Waals surface area contributed by atoms with Crippen molar-refractivity contribution in [2.24, 2.45) is 5.10 Å². The number of hydrazone groups is 1. The molecule has 1 N–H and O–H groups in total. The molecule has 0 radical (unpaired) electrons. The molecular weight excluding hydrogens is 416 g/mol. The number of sulfone groups is 2. The van der Waals surface area contributed by atoms with Gasteiger partial charge in [-0.15, -0.1) is 10.2 Å². The van der Waals surface area contributed by atoms with E-state index in [2.05, 4.69) is 20.7 Å². The summed E-state index contributed by atoms with van der Waals surface area (Å²) in [5.74, 6) is -0.527. The molecule has 0 bridgehead atoms. The van der Waals surface area contributed by atoms with Crippen molar-refractivity contribution in [3.05, 3.63) is 66.6 Å². The van der Waals surface area contributed by atoms with Crippen molar-refractivity contribution in [2.75, 3.05) is 6.54 Å². The second kappa shape index (κ2) is 7.41. The van der Waals surface area contributed by atoms with Gasteiger partial charge in [0, 0.05) is 5.56 Å². The molecule has 1 aromatic heterocycles. The molecule has 1 unspecified atom stereocenters. The van der Waals surface area contributed by atoms with Gasteiger partial charge in [0.25, 0.3) is 0 Å². The van der Waals surface area contributed by atoms with E-state index in [0.717, 1.165) is 0 Å². The van der Waals surface area contributed by atoms with Crippen molar-refractivity contribution in [1.29, 1.82) is 0 Å². The molecule has 0 saturated carbocycles. The smallest absolute Gasteiger partial charge is 0.247 e. The standard InChI is InChI=1S/C18H16N4O5S2/c23-28(24,12-16-20-21-17(27-16)13-7-3-1-4-8-13)15-11-19-22-18(15)29(25,26)14-9-5-2-6-10-14/h1-10,15,19H,11-12H2. The molecule has 29 heavy (non-hydrogen) atoms. The largest absolute Gasteiger partial charge is 0.420 e. The van der Waals surface area contributed by atoms with Crippen molar-refractivity contribution in [1.82, 2.24) is 15.6 Å². The molecule has 0 fully saturated rings. The van der Waals surface area contributed by atoms with Crippen molar-refractivity contribution in [3.63, 3.8) is 0 Å².